The van der Waals surface area contributed by atoms with E-state index in [1.165, 1.54) is 5.56 Å². The lowest BCUT2D eigenvalue weighted by Crippen LogP contribution is -2.46. The summed E-state index contributed by atoms with van der Waals surface area (Å²) in [6, 6.07) is 18.6. The van der Waals surface area contributed by atoms with Crippen molar-refractivity contribution in [2.45, 2.75) is 50.0 Å². The van der Waals surface area contributed by atoms with Gasteiger partial charge in [-0.1, -0.05) is 12.1 Å². The van der Waals surface area contributed by atoms with Gasteiger partial charge in [0, 0.05) is 36.1 Å². The largest absolute Gasteiger partial charge is 0.377 e. The van der Waals surface area contributed by atoms with E-state index in [-0.39, 0.29) is 12.1 Å². The minimum Gasteiger partial charge on any atom is -0.377 e. The first-order valence-corrected chi connectivity index (χ1v) is 14.5. The molecule has 7 rings (SSSR count). The van der Waals surface area contributed by atoms with Crippen LogP contribution >= 0.6 is 0 Å². The summed E-state index contributed by atoms with van der Waals surface area (Å²) in [5.41, 5.74) is 3.55. The molecule has 0 spiro atoms. The van der Waals surface area contributed by atoms with E-state index in [1.54, 1.807) is 0 Å². The monoisotopic (exact) mass is 555 g/mol. The fourth-order valence-electron chi connectivity index (χ4n) is 6.57. The fraction of sp³-hybridized carbons (Fsp3) is 0.452. The zero-order chi connectivity index (χ0) is 27.9. The van der Waals surface area contributed by atoms with Gasteiger partial charge in [-0.25, -0.2) is 14.8 Å². The van der Waals surface area contributed by atoms with Crippen LogP contribution in [0.3, 0.4) is 0 Å². The lowest BCUT2D eigenvalue weighted by Gasteiger charge is -2.36. The zero-order valence-electron chi connectivity index (χ0n) is 23.6. The smallest absolute Gasteiger partial charge is 0.323 e. The van der Waals surface area contributed by atoms with Gasteiger partial charge in [-0.2, -0.15) is 0 Å². The Morgan fingerprint density at radius 1 is 0.902 bits per heavy atom. The van der Waals surface area contributed by atoms with E-state index in [0.29, 0.717) is 29.6 Å². The van der Waals surface area contributed by atoms with Crippen molar-refractivity contribution >= 4 is 29.0 Å². The van der Waals surface area contributed by atoms with Crippen molar-refractivity contribution in [3.8, 4) is 11.4 Å². The summed E-state index contributed by atoms with van der Waals surface area (Å²) < 4.78 is 11.7. The standard InChI is InChI=1S/C31H37N7O3/c1-36(2)15-20-3-7-22(8-4-20)32-31(39)33-23-9-5-21(6-10-23)30-34-28(37-16-27-13-26(37)19-41-27)14-29(35-30)38-24-11-12-25(38)18-40-17-24/h3-10,14,24-27H,11-13,15-19H2,1-2H3,(H2,32,33,39)/t24?,25?,26-,27-/m0/s1. The Labute approximate surface area is 240 Å². The van der Waals surface area contributed by atoms with Gasteiger partial charge in [-0.3, -0.25) is 0 Å². The average molecular weight is 556 g/mol. The third kappa shape index (κ3) is 5.47. The van der Waals surface area contributed by atoms with Crippen molar-refractivity contribution in [1.82, 2.24) is 14.9 Å². The van der Waals surface area contributed by atoms with E-state index >= 15 is 0 Å². The Morgan fingerprint density at radius 3 is 2.17 bits per heavy atom. The molecule has 0 aliphatic carbocycles. The Morgan fingerprint density at radius 2 is 1.56 bits per heavy atom. The molecule has 4 aliphatic heterocycles. The molecule has 2 amide bonds. The number of fused-ring (bicyclic) bond motifs is 4. The van der Waals surface area contributed by atoms with E-state index in [1.807, 2.05) is 62.6 Å². The summed E-state index contributed by atoms with van der Waals surface area (Å²) in [4.78, 5) is 29.7. The number of benzene rings is 2. The number of hydrogen-bond donors (Lipinski definition) is 2. The minimum atomic E-state index is -0.284. The summed E-state index contributed by atoms with van der Waals surface area (Å²) in [5, 5.41) is 5.84. The maximum absolute atomic E-state index is 12.7. The number of ether oxygens (including phenoxy) is 2. The lowest BCUT2D eigenvalue weighted by atomic mass is 10.2. The van der Waals surface area contributed by atoms with E-state index in [0.717, 1.165) is 75.1 Å². The Bertz CT molecular complexity index is 1380. The van der Waals surface area contributed by atoms with E-state index in [4.69, 9.17) is 19.4 Å². The number of nitrogens with one attached hydrogen (secondary N) is 2. The van der Waals surface area contributed by atoms with Crippen LogP contribution in [0.25, 0.3) is 11.4 Å². The van der Waals surface area contributed by atoms with Gasteiger partial charge in [0.2, 0.25) is 0 Å². The normalized spacial score (nSPS) is 24.8. The molecule has 4 bridgehead atoms. The third-order valence-corrected chi connectivity index (χ3v) is 8.51. The lowest BCUT2D eigenvalue weighted by molar-refractivity contribution is 0.0902. The molecular weight excluding hydrogens is 518 g/mol. The maximum Gasteiger partial charge on any atom is 0.323 e. The molecule has 2 aromatic carbocycles. The summed E-state index contributed by atoms with van der Waals surface area (Å²) in [5.74, 6) is 2.63. The Kier molecular flexibility index (Phi) is 6.98. The first kappa shape index (κ1) is 26.2. The van der Waals surface area contributed by atoms with Crippen LogP contribution in [0.1, 0.15) is 24.8 Å². The molecule has 10 nitrogen and oxygen atoms in total. The van der Waals surface area contributed by atoms with Crippen LogP contribution in [0.4, 0.5) is 27.8 Å². The SMILES string of the molecule is CN(C)Cc1ccc(NC(=O)Nc2ccc(-c3nc(N4C5CCC4COC5)cc(N4C[C@@H]5C[C@H]4CO5)n3)cc2)cc1. The molecule has 0 radical (unpaired) electrons. The second kappa shape index (κ2) is 10.9. The van der Waals surface area contributed by atoms with Gasteiger partial charge < -0.3 is 34.8 Å². The number of hydrogen-bond acceptors (Lipinski definition) is 8. The molecule has 4 aliphatic rings. The number of anilines is 4. The van der Waals surface area contributed by atoms with Crippen molar-refractivity contribution < 1.29 is 14.3 Å². The maximum atomic E-state index is 12.7. The zero-order valence-corrected chi connectivity index (χ0v) is 23.6. The predicted molar refractivity (Wildman–Crippen MR) is 160 cm³/mol. The van der Waals surface area contributed by atoms with Gasteiger partial charge in [0.1, 0.15) is 11.6 Å². The predicted octanol–water partition coefficient (Wildman–Crippen LogP) is 4.19. The number of urea groups is 1. The molecule has 2 N–H and O–H groups in total. The molecule has 4 fully saturated rings. The highest BCUT2D eigenvalue weighted by atomic mass is 16.5. The van der Waals surface area contributed by atoms with E-state index in [2.05, 4.69) is 31.4 Å². The number of morpholine rings is 2. The van der Waals surface area contributed by atoms with Crippen LogP contribution in [-0.2, 0) is 16.0 Å². The van der Waals surface area contributed by atoms with Gasteiger partial charge in [-0.05, 0) is 75.3 Å². The van der Waals surface area contributed by atoms with Gasteiger partial charge in [-0.15, -0.1) is 0 Å². The highest BCUT2D eigenvalue weighted by molar-refractivity contribution is 5.99. The average Bonchev–Trinajstić information content (AvgIpc) is 3.67. The number of carbonyl (C=O) groups excluding carboxylic acids is 1. The van der Waals surface area contributed by atoms with Crippen LogP contribution in [0.5, 0.6) is 0 Å². The van der Waals surface area contributed by atoms with Crippen molar-refractivity contribution in [3.63, 3.8) is 0 Å². The molecular formula is C31H37N7O3. The number of amides is 2. The quantitative estimate of drug-likeness (QED) is 0.448. The molecule has 2 unspecified atom stereocenters. The van der Waals surface area contributed by atoms with Crippen LogP contribution < -0.4 is 20.4 Å². The van der Waals surface area contributed by atoms with Crippen molar-refractivity contribution in [2.75, 3.05) is 60.9 Å². The minimum absolute atomic E-state index is 0.284. The van der Waals surface area contributed by atoms with Gasteiger partial charge in [0.05, 0.1) is 44.1 Å². The molecule has 5 heterocycles. The second-order valence-electron chi connectivity index (χ2n) is 11.8. The van der Waals surface area contributed by atoms with Crippen molar-refractivity contribution in [3.05, 3.63) is 60.2 Å². The summed E-state index contributed by atoms with van der Waals surface area (Å²) in [6.07, 6.45) is 3.60. The molecule has 4 saturated heterocycles. The molecule has 1 aromatic heterocycles. The highest BCUT2D eigenvalue weighted by Crippen LogP contribution is 2.38. The number of aromatic nitrogens is 2. The van der Waals surface area contributed by atoms with Crippen LogP contribution in [0, 0.1) is 0 Å². The molecule has 4 atom stereocenters. The summed E-state index contributed by atoms with van der Waals surface area (Å²) in [7, 11) is 4.07. The number of carbonyl (C=O) groups is 1. The Balaban J connectivity index is 1.09. The topological polar surface area (TPSA) is 95.1 Å². The van der Waals surface area contributed by atoms with Gasteiger partial charge >= 0.3 is 6.03 Å². The molecule has 41 heavy (non-hydrogen) atoms. The second-order valence-corrected chi connectivity index (χ2v) is 11.8. The summed E-state index contributed by atoms with van der Waals surface area (Å²) in [6.45, 7) is 3.97. The van der Waals surface area contributed by atoms with Crippen LogP contribution in [-0.4, -0.2) is 85.6 Å². The molecule has 3 aromatic rings. The number of nitrogens with zero attached hydrogens (tertiary/aromatic N) is 5. The summed E-state index contributed by atoms with van der Waals surface area (Å²) >= 11 is 0. The van der Waals surface area contributed by atoms with E-state index < -0.39 is 0 Å². The first-order valence-electron chi connectivity index (χ1n) is 14.5. The molecule has 214 valence electrons. The molecule has 10 heteroatoms. The van der Waals surface area contributed by atoms with E-state index in [9.17, 15) is 4.79 Å². The molecule has 0 saturated carbocycles. The van der Waals surface area contributed by atoms with Crippen LogP contribution in [0.15, 0.2) is 54.6 Å². The fourth-order valence-corrected chi connectivity index (χ4v) is 6.57. The highest BCUT2D eigenvalue weighted by Gasteiger charge is 2.42. The van der Waals surface area contributed by atoms with Gasteiger partial charge in [0.15, 0.2) is 5.82 Å². The first-order chi connectivity index (χ1) is 20.0. The van der Waals surface area contributed by atoms with Crippen molar-refractivity contribution in [1.29, 1.82) is 0 Å². The Hall–Kier alpha value is -3.73. The van der Waals surface area contributed by atoms with Crippen molar-refractivity contribution in [2.24, 2.45) is 0 Å². The van der Waals surface area contributed by atoms with Crippen LogP contribution in [0.2, 0.25) is 0 Å². The third-order valence-electron chi connectivity index (χ3n) is 8.51. The number of rotatable bonds is 7. The van der Waals surface area contributed by atoms with Gasteiger partial charge in [0.25, 0.3) is 0 Å².